The maximum atomic E-state index is 12.0. The normalized spacial score (nSPS) is 13.0. The molecule has 2 rings (SSSR count). The Morgan fingerprint density at radius 1 is 1.26 bits per heavy atom. The zero-order valence-corrected chi connectivity index (χ0v) is 14.6. The highest BCUT2D eigenvalue weighted by Crippen LogP contribution is 2.21. The van der Waals surface area contributed by atoms with Crippen molar-refractivity contribution in [2.75, 3.05) is 19.4 Å². The SMILES string of the molecule is COc1ccc(CCS(=O)(=O)NCCC(O)c2cccs2)cc1. The van der Waals surface area contributed by atoms with Crippen molar-refractivity contribution in [3.8, 4) is 5.75 Å². The first kappa shape index (κ1) is 17.9. The van der Waals surface area contributed by atoms with Gasteiger partial charge in [-0.3, -0.25) is 0 Å². The molecule has 5 nitrogen and oxygen atoms in total. The maximum Gasteiger partial charge on any atom is 0.211 e. The summed E-state index contributed by atoms with van der Waals surface area (Å²) >= 11 is 1.46. The third-order valence-electron chi connectivity index (χ3n) is 3.43. The van der Waals surface area contributed by atoms with E-state index in [1.165, 1.54) is 11.3 Å². The van der Waals surface area contributed by atoms with Crippen LogP contribution in [0.1, 0.15) is 23.0 Å². The Balaban J connectivity index is 1.75. The second-order valence-corrected chi connectivity index (χ2v) is 8.04. The van der Waals surface area contributed by atoms with Gasteiger partial charge in [0.05, 0.1) is 19.0 Å². The first-order valence-electron chi connectivity index (χ1n) is 7.32. The second-order valence-electron chi connectivity index (χ2n) is 5.13. The third-order valence-corrected chi connectivity index (χ3v) is 5.79. The van der Waals surface area contributed by atoms with Gasteiger partial charge in [0.1, 0.15) is 5.75 Å². The Morgan fingerprint density at radius 2 is 2.00 bits per heavy atom. The molecule has 0 fully saturated rings. The number of rotatable bonds is 9. The van der Waals surface area contributed by atoms with Gasteiger partial charge in [-0.15, -0.1) is 11.3 Å². The highest BCUT2D eigenvalue weighted by molar-refractivity contribution is 7.89. The number of aryl methyl sites for hydroxylation is 1. The van der Waals surface area contributed by atoms with Crippen molar-refractivity contribution in [3.63, 3.8) is 0 Å². The van der Waals surface area contributed by atoms with E-state index in [0.29, 0.717) is 12.8 Å². The van der Waals surface area contributed by atoms with Crippen molar-refractivity contribution < 1.29 is 18.3 Å². The van der Waals surface area contributed by atoms with Gasteiger partial charge < -0.3 is 9.84 Å². The van der Waals surface area contributed by atoms with Crippen LogP contribution >= 0.6 is 11.3 Å². The van der Waals surface area contributed by atoms with Gasteiger partial charge in [-0.1, -0.05) is 18.2 Å². The molecule has 0 amide bonds. The smallest absolute Gasteiger partial charge is 0.211 e. The molecule has 2 aromatic rings. The summed E-state index contributed by atoms with van der Waals surface area (Å²) in [6.45, 7) is 0.226. The molecule has 0 spiro atoms. The molecule has 1 heterocycles. The van der Waals surface area contributed by atoms with Gasteiger partial charge in [0.2, 0.25) is 10.0 Å². The van der Waals surface area contributed by atoms with Crippen LogP contribution in [0.4, 0.5) is 0 Å². The Kier molecular flexibility index (Phi) is 6.59. The third kappa shape index (κ3) is 5.95. The number of hydrogen-bond donors (Lipinski definition) is 2. The topological polar surface area (TPSA) is 75.6 Å². The fourth-order valence-corrected chi connectivity index (χ4v) is 3.91. The molecule has 1 aromatic carbocycles. The van der Waals surface area contributed by atoms with E-state index in [-0.39, 0.29) is 12.3 Å². The number of methoxy groups -OCH3 is 1. The Hall–Kier alpha value is -1.41. The lowest BCUT2D eigenvalue weighted by Gasteiger charge is -2.10. The summed E-state index contributed by atoms with van der Waals surface area (Å²) in [5, 5.41) is 11.8. The summed E-state index contributed by atoms with van der Waals surface area (Å²) in [4.78, 5) is 0.849. The molecule has 0 saturated heterocycles. The van der Waals surface area contributed by atoms with E-state index in [9.17, 15) is 13.5 Å². The average molecular weight is 355 g/mol. The van der Waals surface area contributed by atoms with Gasteiger partial charge >= 0.3 is 0 Å². The van der Waals surface area contributed by atoms with E-state index in [2.05, 4.69) is 4.72 Å². The maximum absolute atomic E-state index is 12.0. The summed E-state index contributed by atoms with van der Waals surface area (Å²) in [6.07, 6.45) is 0.175. The lowest BCUT2D eigenvalue weighted by Crippen LogP contribution is -2.29. The Morgan fingerprint density at radius 3 is 2.61 bits per heavy atom. The Bertz CT molecular complexity index is 681. The quantitative estimate of drug-likeness (QED) is 0.724. The molecule has 1 unspecified atom stereocenters. The molecule has 1 atom stereocenters. The summed E-state index contributed by atoms with van der Waals surface area (Å²) in [5.41, 5.74) is 0.940. The van der Waals surface area contributed by atoms with Crippen LogP contribution in [0.25, 0.3) is 0 Å². The fraction of sp³-hybridized carbons (Fsp3) is 0.375. The number of aliphatic hydroxyl groups excluding tert-OH is 1. The van der Waals surface area contributed by atoms with E-state index in [1.54, 1.807) is 7.11 Å². The number of aliphatic hydroxyl groups is 1. The number of sulfonamides is 1. The molecule has 0 aliphatic carbocycles. The molecule has 23 heavy (non-hydrogen) atoms. The molecular weight excluding hydrogens is 334 g/mol. The van der Waals surface area contributed by atoms with Crippen molar-refractivity contribution >= 4 is 21.4 Å². The monoisotopic (exact) mass is 355 g/mol. The molecule has 126 valence electrons. The standard InChI is InChI=1S/C16H21NO4S2/c1-21-14-6-4-13(5-7-14)9-12-23(19,20)17-10-8-15(18)16-3-2-11-22-16/h2-7,11,15,17-18H,8-10,12H2,1H3. The number of nitrogens with one attached hydrogen (secondary N) is 1. The molecular formula is C16H21NO4S2. The number of thiophene rings is 1. The van der Waals surface area contributed by atoms with Gasteiger partial charge in [-0.25, -0.2) is 13.1 Å². The summed E-state index contributed by atoms with van der Waals surface area (Å²) in [7, 11) is -1.76. The zero-order chi connectivity index (χ0) is 16.7. The van der Waals surface area contributed by atoms with Crippen LogP contribution in [-0.2, 0) is 16.4 Å². The molecule has 0 bridgehead atoms. The lowest BCUT2D eigenvalue weighted by atomic mass is 10.2. The van der Waals surface area contributed by atoms with Crippen LogP contribution in [0.2, 0.25) is 0 Å². The largest absolute Gasteiger partial charge is 0.497 e. The molecule has 0 saturated carbocycles. The Labute approximate surface area is 141 Å². The summed E-state index contributed by atoms with van der Waals surface area (Å²) in [6, 6.07) is 11.0. The minimum Gasteiger partial charge on any atom is -0.497 e. The van der Waals surface area contributed by atoms with Gasteiger partial charge in [-0.2, -0.15) is 0 Å². The van der Waals surface area contributed by atoms with Gasteiger partial charge in [-0.05, 0) is 42.0 Å². The van der Waals surface area contributed by atoms with Crippen LogP contribution in [0, 0.1) is 0 Å². The molecule has 1 aromatic heterocycles. The predicted molar refractivity (Wildman–Crippen MR) is 92.4 cm³/mol. The van der Waals surface area contributed by atoms with Crippen LogP contribution < -0.4 is 9.46 Å². The van der Waals surface area contributed by atoms with Gasteiger partial charge in [0, 0.05) is 11.4 Å². The van der Waals surface area contributed by atoms with Crippen molar-refractivity contribution in [2.24, 2.45) is 0 Å². The molecule has 7 heteroatoms. The number of hydrogen-bond acceptors (Lipinski definition) is 5. The summed E-state index contributed by atoms with van der Waals surface area (Å²) in [5.74, 6) is 0.770. The number of benzene rings is 1. The van der Waals surface area contributed by atoms with Crippen LogP contribution in [0.3, 0.4) is 0 Å². The van der Waals surface area contributed by atoms with E-state index >= 15 is 0 Å². The highest BCUT2D eigenvalue weighted by Gasteiger charge is 2.13. The van der Waals surface area contributed by atoms with Crippen molar-refractivity contribution in [2.45, 2.75) is 18.9 Å². The van der Waals surface area contributed by atoms with Crippen molar-refractivity contribution in [3.05, 3.63) is 52.2 Å². The van der Waals surface area contributed by atoms with E-state index in [0.717, 1.165) is 16.2 Å². The fourth-order valence-electron chi connectivity index (χ4n) is 2.09. The van der Waals surface area contributed by atoms with Crippen LogP contribution in [0.15, 0.2) is 41.8 Å². The molecule has 0 aliphatic rings. The second kappa shape index (κ2) is 8.44. The van der Waals surface area contributed by atoms with E-state index < -0.39 is 16.1 Å². The van der Waals surface area contributed by atoms with E-state index in [4.69, 9.17) is 4.74 Å². The van der Waals surface area contributed by atoms with Crippen LogP contribution in [-0.4, -0.2) is 32.9 Å². The van der Waals surface area contributed by atoms with Crippen molar-refractivity contribution in [1.29, 1.82) is 0 Å². The molecule has 2 N–H and O–H groups in total. The van der Waals surface area contributed by atoms with E-state index in [1.807, 2.05) is 41.8 Å². The zero-order valence-electron chi connectivity index (χ0n) is 12.9. The molecule has 0 radical (unpaired) electrons. The lowest BCUT2D eigenvalue weighted by molar-refractivity contribution is 0.173. The van der Waals surface area contributed by atoms with Crippen molar-refractivity contribution in [1.82, 2.24) is 4.72 Å². The first-order chi connectivity index (χ1) is 11.0. The highest BCUT2D eigenvalue weighted by atomic mass is 32.2. The molecule has 0 aliphatic heterocycles. The average Bonchev–Trinajstić information content (AvgIpc) is 3.08. The van der Waals surface area contributed by atoms with Gasteiger partial charge in [0.15, 0.2) is 0 Å². The van der Waals surface area contributed by atoms with Crippen LogP contribution in [0.5, 0.6) is 5.75 Å². The van der Waals surface area contributed by atoms with Gasteiger partial charge in [0.25, 0.3) is 0 Å². The summed E-state index contributed by atoms with van der Waals surface area (Å²) < 4.78 is 31.6. The first-order valence-corrected chi connectivity index (χ1v) is 9.85. The predicted octanol–water partition coefficient (Wildman–Crippen LogP) is 2.34. The minimum absolute atomic E-state index is 0.0222. The number of ether oxygens (including phenoxy) is 1. The minimum atomic E-state index is -3.35.